The number of anilines is 2. The van der Waals surface area contributed by atoms with E-state index in [1.807, 2.05) is 37.3 Å². The monoisotopic (exact) mass is 324 g/mol. The summed E-state index contributed by atoms with van der Waals surface area (Å²) in [4.78, 5) is 12.3. The predicted molar refractivity (Wildman–Crippen MR) is 97.1 cm³/mol. The number of hydrogen-bond acceptors (Lipinski definition) is 2. The summed E-state index contributed by atoms with van der Waals surface area (Å²) < 4.78 is 0. The van der Waals surface area contributed by atoms with Crippen LogP contribution in [-0.4, -0.2) is 11.9 Å². The average Bonchev–Trinajstić information content (AvgIpc) is 2.56. The van der Waals surface area contributed by atoms with Crippen molar-refractivity contribution in [2.75, 3.05) is 10.6 Å². The van der Waals surface area contributed by atoms with Gasteiger partial charge in [0.2, 0.25) is 5.91 Å². The van der Waals surface area contributed by atoms with Crippen molar-refractivity contribution in [2.45, 2.75) is 13.0 Å². The molecule has 23 heavy (non-hydrogen) atoms. The molecule has 1 amide bonds. The van der Waals surface area contributed by atoms with Gasteiger partial charge in [0.15, 0.2) is 0 Å². The average molecular weight is 325 g/mol. The number of nitrogens with one attached hydrogen (secondary N) is 2. The molecule has 0 aromatic heterocycles. The number of carbonyl (C=O) groups is 1. The van der Waals surface area contributed by atoms with Crippen LogP contribution in [0.5, 0.6) is 0 Å². The van der Waals surface area contributed by atoms with Crippen LogP contribution < -0.4 is 10.6 Å². The molecular formula is C19H17ClN2O. The zero-order valence-electron chi connectivity index (χ0n) is 12.7. The van der Waals surface area contributed by atoms with Gasteiger partial charge >= 0.3 is 0 Å². The van der Waals surface area contributed by atoms with Gasteiger partial charge in [-0.25, -0.2) is 0 Å². The highest BCUT2D eigenvalue weighted by molar-refractivity contribution is 6.30. The van der Waals surface area contributed by atoms with Crippen LogP contribution in [0, 0.1) is 0 Å². The van der Waals surface area contributed by atoms with Gasteiger partial charge in [-0.15, -0.1) is 0 Å². The Hall–Kier alpha value is -2.52. The smallest absolute Gasteiger partial charge is 0.246 e. The standard InChI is InChI=1S/C19H17ClN2O/c1-13(19(23)22-17-10-7-16(20)8-11-17)21-18-9-6-14-4-2-3-5-15(14)12-18/h2-13,21H,1H3,(H,22,23)/t13-/m1/s1. The highest BCUT2D eigenvalue weighted by Crippen LogP contribution is 2.20. The number of halogens is 1. The maximum atomic E-state index is 12.3. The number of hydrogen-bond donors (Lipinski definition) is 2. The van der Waals surface area contributed by atoms with Crippen molar-refractivity contribution in [3.8, 4) is 0 Å². The quantitative estimate of drug-likeness (QED) is 0.714. The Labute approximate surface area is 140 Å². The third kappa shape index (κ3) is 3.82. The highest BCUT2D eigenvalue weighted by atomic mass is 35.5. The minimum absolute atomic E-state index is 0.0968. The summed E-state index contributed by atoms with van der Waals surface area (Å²) in [6.45, 7) is 1.83. The van der Waals surface area contributed by atoms with E-state index in [9.17, 15) is 4.79 Å². The summed E-state index contributed by atoms with van der Waals surface area (Å²) >= 11 is 5.84. The molecule has 0 fully saturated rings. The Morgan fingerprint density at radius 2 is 1.57 bits per heavy atom. The molecule has 0 saturated heterocycles. The molecule has 0 aliphatic carbocycles. The van der Waals surface area contributed by atoms with Crippen molar-refractivity contribution in [3.63, 3.8) is 0 Å². The van der Waals surface area contributed by atoms with Crippen LogP contribution in [0.15, 0.2) is 66.7 Å². The maximum absolute atomic E-state index is 12.3. The summed E-state index contributed by atoms with van der Waals surface area (Å²) in [6.07, 6.45) is 0. The fourth-order valence-electron chi connectivity index (χ4n) is 2.38. The third-order valence-corrected chi connectivity index (χ3v) is 3.89. The van der Waals surface area contributed by atoms with Crippen molar-refractivity contribution >= 4 is 39.7 Å². The van der Waals surface area contributed by atoms with E-state index in [-0.39, 0.29) is 11.9 Å². The Morgan fingerprint density at radius 1 is 0.913 bits per heavy atom. The first kappa shape index (κ1) is 15.4. The van der Waals surface area contributed by atoms with Crippen LogP contribution in [0.1, 0.15) is 6.92 Å². The first-order chi connectivity index (χ1) is 11.1. The molecule has 0 bridgehead atoms. The zero-order chi connectivity index (χ0) is 16.2. The third-order valence-electron chi connectivity index (χ3n) is 3.64. The van der Waals surface area contributed by atoms with Gasteiger partial charge in [-0.2, -0.15) is 0 Å². The van der Waals surface area contributed by atoms with Crippen molar-refractivity contribution in [2.24, 2.45) is 0 Å². The van der Waals surface area contributed by atoms with E-state index >= 15 is 0 Å². The Bertz CT molecular complexity index is 830. The molecule has 0 spiro atoms. The summed E-state index contributed by atoms with van der Waals surface area (Å²) in [5.74, 6) is -0.0968. The van der Waals surface area contributed by atoms with Crippen molar-refractivity contribution in [1.82, 2.24) is 0 Å². The fourth-order valence-corrected chi connectivity index (χ4v) is 2.50. The molecule has 3 rings (SSSR count). The van der Waals surface area contributed by atoms with Gasteiger partial charge in [0, 0.05) is 16.4 Å². The van der Waals surface area contributed by atoms with Crippen molar-refractivity contribution < 1.29 is 4.79 Å². The largest absolute Gasteiger partial charge is 0.374 e. The zero-order valence-corrected chi connectivity index (χ0v) is 13.5. The summed E-state index contributed by atoms with van der Waals surface area (Å²) in [7, 11) is 0. The van der Waals surface area contributed by atoms with Crippen LogP contribution in [-0.2, 0) is 4.79 Å². The number of carbonyl (C=O) groups excluding carboxylic acids is 1. The van der Waals surface area contributed by atoms with Gasteiger partial charge in [0.1, 0.15) is 6.04 Å². The molecule has 0 saturated carbocycles. The highest BCUT2D eigenvalue weighted by Gasteiger charge is 2.13. The first-order valence-electron chi connectivity index (χ1n) is 7.43. The van der Waals surface area contributed by atoms with E-state index < -0.39 is 0 Å². The molecule has 116 valence electrons. The lowest BCUT2D eigenvalue weighted by Gasteiger charge is -2.16. The lowest BCUT2D eigenvalue weighted by Crippen LogP contribution is -2.31. The van der Waals surface area contributed by atoms with E-state index in [1.54, 1.807) is 24.3 Å². The van der Waals surface area contributed by atoms with E-state index in [0.717, 1.165) is 16.8 Å². The van der Waals surface area contributed by atoms with Crippen LogP contribution in [0.3, 0.4) is 0 Å². The summed E-state index contributed by atoms with van der Waals surface area (Å²) in [5.41, 5.74) is 1.65. The van der Waals surface area contributed by atoms with Gasteiger partial charge in [-0.05, 0) is 54.1 Å². The molecule has 3 aromatic rings. The van der Waals surface area contributed by atoms with Gasteiger partial charge in [0.25, 0.3) is 0 Å². The van der Waals surface area contributed by atoms with Crippen molar-refractivity contribution in [1.29, 1.82) is 0 Å². The van der Waals surface area contributed by atoms with Crippen LogP contribution in [0.25, 0.3) is 10.8 Å². The molecule has 2 N–H and O–H groups in total. The normalized spacial score (nSPS) is 11.9. The fraction of sp³-hybridized carbons (Fsp3) is 0.105. The lowest BCUT2D eigenvalue weighted by atomic mass is 10.1. The number of rotatable bonds is 4. The molecule has 4 heteroatoms. The molecule has 0 heterocycles. The Balaban J connectivity index is 1.68. The van der Waals surface area contributed by atoms with Gasteiger partial charge in [-0.1, -0.05) is 41.9 Å². The second-order valence-electron chi connectivity index (χ2n) is 5.42. The Morgan fingerprint density at radius 3 is 2.30 bits per heavy atom. The lowest BCUT2D eigenvalue weighted by molar-refractivity contribution is -0.116. The van der Waals surface area contributed by atoms with Crippen LogP contribution in [0.2, 0.25) is 5.02 Å². The second kappa shape index (κ2) is 6.71. The molecule has 1 atom stereocenters. The Kier molecular flexibility index (Phi) is 4.49. The van der Waals surface area contributed by atoms with E-state index in [4.69, 9.17) is 11.6 Å². The van der Waals surface area contributed by atoms with Crippen molar-refractivity contribution in [3.05, 3.63) is 71.8 Å². The molecule has 0 aliphatic rings. The number of fused-ring (bicyclic) bond motifs is 1. The minimum atomic E-state index is -0.355. The van der Waals surface area contributed by atoms with Gasteiger partial charge in [0.05, 0.1) is 0 Å². The molecule has 0 aliphatic heterocycles. The van der Waals surface area contributed by atoms with Gasteiger partial charge in [-0.3, -0.25) is 4.79 Å². The molecule has 0 unspecified atom stereocenters. The second-order valence-corrected chi connectivity index (χ2v) is 5.86. The van der Waals surface area contributed by atoms with E-state index in [2.05, 4.69) is 22.8 Å². The first-order valence-corrected chi connectivity index (χ1v) is 7.81. The van der Waals surface area contributed by atoms with E-state index in [1.165, 1.54) is 5.39 Å². The van der Waals surface area contributed by atoms with E-state index in [0.29, 0.717) is 5.02 Å². The molecule has 3 nitrogen and oxygen atoms in total. The minimum Gasteiger partial charge on any atom is -0.374 e. The maximum Gasteiger partial charge on any atom is 0.246 e. The molecule has 3 aromatic carbocycles. The van der Waals surface area contributed by atoms with Crippen LogP contribution in [0.4, 0.5) is 11.4 Å². The predicted octanol–water partition coefficient (Wildman–Crippen LogP) is 4.93. The topological polar surface area (TPSA) is 41.1 Å². The number of amides is 1. The van der Waals surface area contributed by atoms with Crippen LogP contribution >= 0.6 is 11.6 Å². The summed E-state index contributed by atoms with van der Waals surface area (Å²) in [5, 5.41) is 9.06. The SMILES string of the molecule is C[C@@H](Nc1ccc2ccccc2c1)C(=O)Nc1ccc(Cl)cc1. The molecular weight excluding hydrogens is 308 g/mol. The van der Waals surface area contributed by atoms with Gasteiger partial charge < -0.3 is 10.6 Å². The number of benzene rings is 3. The molecule has 0 radical (unpaired) electrons. The summed E-state index contributed by atoms with van der Waals surface area (Å²) in [6, 6.07) is 20.9.